The summed E-state index contributed by atoms with van der Waals surface area (Å²) in [7, 11) is 0. The lowest BCUT2D eigenvalue weighted by Crippen LogP contribution is -2.29. The number of hydrogen-bond acceptors (Lipinski definition) is 9. The molecule has 0 radical (unpaired) electrons. The zero-order valence-corrected chi connectivity index (χ0v) is 26.8. The second-order valence-electron chi connectivity index (χ2n) is 10.3. The van der Waals surface area contributed by atoms with Gasteiger partial charge in [-0.1, -0.05) is 33.1 Å². The molecule has 12 heteroatoms. The second kappa shape index (κ2) is 26.0. The van der Waals surface area contributed by atoms with E-state index in [-0.39, 0.29) is 71.4 Å². The minimum Gasteiger partial charge on any atom is -0.394 e. The third kappa shape index (κ3) is 22.6. The van der Waals surface area contributed by atoms with E-state index in [1.807, 2.05) is 6.92 Å². The monoisotopic (exact) mass is 619 g/mol. The summed E-state index contributed by atoms with van der Waals surface area (Å²) in [5.41, 5.74) is 0. The molecule has 0 saturated carbocycles. The Bertz CT molecular complexity index is 771. The summed E-state index contributed by atoms with van der Waals surface area (Å²) in [6.45, 7) is 6.93. The number of amides is 3. The molecule has 1 unspecified atom stereocenters. The Morgan fingerprint density at radius 1 is 0.707 bits per heavy atom. The summed E-state index contributed by atoms with van der Waals surface area (Å²) in [5, 5.41) is 26.6. The van der Waals surface area contributed by atoms with Gasteiger partial charge in [0.1, 0.15) is 11.6 Å². The molecule has 0 rings (SSSR count). The van der Waals surface area contributed by atoms with Gasteiger partial charge < -0.3 is 26.2 Å². The molecule has 0 heterocycles. The van der Waals surface area contributed by atoms with Gasteiger partial charge in [-0.2, -0.15) is 0 Å². The molecule has 0 aliphatic heterocycles. The topological polar surface area (TPSA) is 162 Å². The molecule has 238 valence electrons. The van der Waals surface area contributed by atoms with Gasteiger partial charge in [-0.15, -0.1) is 23.5 Å². The molecular weight excluding hydrogens is 566 g/mol. The summed E-state index contributed by atoms with van der Waals surface area (Å²) < 4.78 is 0. The van der Waals surface area contributed by atoms with Crippen molar-refractivity contribution in [2.45, 2.75) is 91.1 Å². The molecule has 0 aromatic heterocycles. The van der Waals surface area contributed by atoms with Crippen LogP contribution in [-0.4, -0.2) is 94.9 Å². The summed E-state index contributed by atoms with van der Waals surface area (Å²) >= 11 is 2.55. The first kappa shape index (κ1) is 39.4. The van der Waals surface area contributed by atoms with Gasteiger partial charge in [-0.05, 0) is 45.4 Å². The quantitative estimate of drug-likeness (QED) is 0.0870. The highest BCUT2D eigenvalue weighted by atomic mass is 32.2. The van der Waals surface area contributed by atoms with Gasteiger partial charge >= 0.3 is 0 Å². The van der Waals surface area contributed by atoms with Crippen LogP contribution >= 0.6 is 23.5 Å². The lowest BCUT2D eigenvalue weighted by Gasteiger charge is -2.18. The van der Waals surface area contributed by atoms with Crippen LogP contribution in [-0.2, 0) is 24.0 Å². The highest BCUT2D eigenvalue weighted by Gasteiger charge is 2.23. The van der Waals surface area contributed by atoms with E-state index < -0.39 is 6.10 Å². The van der Waals surface area contributed by atoms with Gasteiger partial charge in [-0.25, -0.2) is 0 Å². The molecule has 3 amide bonds. The Morgan fingerprint density at radius 2 is 1.20 bits per heavy atom. The van der Waals surface area contributed by atoms with Gasteiger partial charge in [-0.3, -0.25) is 24.0 Å². The molecule has 0 spiro atoms. The number of rotatable bonds is 27. The summed E-state index contributed by atoms with van der Waals surface area (Å²) in [4.78, 5) is 60.6. The predicted octanol–water partition coefficient (Wildman–Crippen LogP) is 2.49. The minimum atomic E-state index is -0.816. The van der Waals surface area contributed by atoms with Gasteiger partial charge in [0, 0.05) is 43.6 Å². The average Bonchev–Trinajstić information content (AvgIpc) is 2.93. The van der Waals surface area contributed by atoms with Crippen molar-refractivity contribution in [2.24, 2.45) is 11.8 Å². The van der Waals surface area contributed by atoms with Crippen LogP contribution in [0.5, 0.6) is 0 Å². The molecule has 0 aromatic rings. The normalized spacial score (nSPS) is 13.2. The number of hydrogen-bond donors (Lipinski definition) is 5. The van der Waals surface area contributed by atoms with Crippen molar-refractivity contribution in [3.05, 3.63) is 0 Å². The van der Waals surface area contributed by atoms with Crippen molar-refractivity contribution >= 4 is 52.8 Å². The molecule has 0 aromatic carbocycles. The van der Waals surface area contributed by atoms with Crippen molar-refractivity contribution in [1.29, 1.82) is 0 Å². The van der Waals surface area contributed by atoms with Crippen LogP contribution in [0.25, 0.3) is 0 Å². The maximum atomic E-state index is 12.9. The highest BCUT2D eigenvalue weighted by molar-refractivity contribution is 8.00. The standard InChI is InChI=1S/C29H53N3O7S2/c1-4-6-13-30-28(38)20-41-21-29(39)32-15-10-8-12-24(22(3)34)16-26(36)23(5-2)11-7-9-14-31-27(37)19-40-18-25(35)17-33/h23-25,33,35H,4-21H2,1-3H3,(H,30,38)(H,31,37)(H,32,39)/t23-,24+,25?/m0/s1. The number of Topliss-reactive ketones (excluding diaryl/α,β-unsaturated/α-hetero) is 2. The number of nitrogens with one attached hydrogen (secondary N) is 3. The zero-order chi connectivity index (χ0) is 30.9. The Hall–Kier alpha value is -1.63. The van der Waals surface area contributed by atoms with Crippen LogP contribution < -0.4 is 16.0 Å². The predicted molar refractivity (Wildman–Crippen MR) is 167 cm³/mol. The molecule has 5 N–H and O–H groups in total. The molecule has 3 atom stereocenters. The fraction of sp³-hybridized carbons (Fsp3) is 0.828. The fourth-order valence-corrected chi connectivity index (χ4v) is 5.53. The summed E-state index contributed by atoms with van der Waals surface area (Å²) in [5.74, 6) is 0.448. The summed E-state index contributed by atoms with van der Waals surface area (Å²) in [6.07, 6.45) is 6.44. The van der Waals surface area contributed by atoms with Crippen molar-refractivity contribution in [1.82, 2.24) is 16.0 Å². The number of unbranched alkanes of at least 4 members (excludes halogenated alkanes) is 3. The number of thioether (sulfide) groups is 2. The molecule has 0 bridgehead atoms. The van der Waals surface area contributed by atoms with Gasteiger partial charge in [0.25, 0.3) is 0 Å². The van der Waals surface area contributed by atoms with Crippen LogP contribution in [0.3, 0.4) is 0 Å². The van der Waals surface area contributed by atoms with Crippen LogP contribution in [0, 0.1) is 11.8 Å². The number of aliphatic hydroxyl groups excluding tert-OH is 2. The Kier molecular flexibility index (Phi) is 25.0. The number of carbonyl (C=O) groups excluding carboxylic acids is 5. The lowest BCUT2D eigenvalue weighted by atomic mass is 9.85. The lowest BCUT2D eigenvalue weighted by molar-refractivity contribution is -0.129. The third-order valence-corrected chi connectivity index (χ3v) is 8.67. The zero-order valence-electron chi connectivity index (χ0n) is 25.2. The smallest absolute Gasteiger partial charge is 0.230 e. The Balaban J connectivity index is 4.13. The maximum absolute atomic E-state index is 12.9. The maximum Gasteiger partial charge on any atom is 0.230 e. The van der Waals surface area contributed by atoms with Gasteiger partial charge in [0.15, 0.2) is 0 Å². The van der Waals surface area contributed by atoms with E-state index in [0.717, 1.165) is 44.9 Å². The molecule has 41 heavy (non-hydrogen) atoms. The van der Waals surface area contributed by atoms with Crippen LogP contribution in [0.15, 0.2) is 0 Å². The molecule has 0 aliphatic rings. The fourth-order valence-electron chi connectivity index (χ4n) is 4.07. The molecular formula is C29H53N3O7S2. The molecule has 0 fully saturated rings. The molecule has 0 aliphatic carbocycles. The number of ketones is 2. The van der Waals surface area contributed by atoms with E-state index in [4.69, 9.17) is 5.11 Å². The third-order valence-electron chi connectivity index (χ3n) is 6.65. The molecule has 0 saturated heterocycles. The molecule has 10 nitrogen and oxygen atoms in total. The van der Waals surface area contributed by atoms with Crippen molar-refractivity contribution in [2.75, 3.05) is 49.3 Å². The Labute approximate surface area is 254 Å². The van der Waals surface area contributed by atoms with Crippen LogP contribution in [0.4, 0.5) is 0 Å². The Morgan fingerprint density at radius 3 is 1.66 bits per heavy atom. The van der Waals surface area contributed by atoms with Crippen molar-refractivity contribution in [3.63, 3.8) is 0 Å². The first-order valence-electron chi connectivity index (χ1n) is 14.9. The van der Waals surface area contributed by atoms with Crippen LogP contribution in [0.2, 0.25) is 0 Å². The number of aliphatic hydroxyl groups is 2. The highest BCUT2D eigenvalue weighted by Crippen LogP contribution is 2.22. The van der Waals surface area contributed by atoms with E-state index in [2.05, 4.69) is 22.9 Å². The van der Waals surface area contributed by atoms with E-state index in [9.17, 15) is 29.1 Å². The number of carbonyl (C=O) groups is 5. The first-order chi connectivity index (χ1) is 19.6. The van der Waals surface area contributed by atoms with Crippen molar-refractivity contribution < 1.29 is 34.2 Å². The van der Waals surface area contributed by atoms with E-state index in [1.54, 1.807) is 0 Å². The van der Waals surface area contributed by atoms with Gasteiger partial charge in [0.2, 0.25) is 17.7 Å². The largest absolute Gasteiger partial charge is 0.394 e. The van der Waals surface area contributed by atoms with Gasteiger partial charge in [0.05, 0.1) is 30.0 Å². The van der Waals surface area contributed by atoms with Crippen molar-refractivity contribution in [3.8, 4) is 0 Å². The van der Waals surface area contributed by atoms with E-state index >= 15 is 0 Å². The average molecular weight is 620 g/mol. The van der Waals surface area contributed by atoms with E-state index in [0.29, 0.717) is 38.2 Å². The summed E-state index contributed by atoms with van der Waals surface area (Å²) in [6, 6.07) is 0. The second-order valence-corrected chi connectivity index (χ2v) is 12.3. The minimum absolute atomic E-state index is 0.0120. The SMILES string of the molecule is CCCCNC(=O)CSCC(=O)NCCCC[C@H](CC(=O)[C@@H](CC)CCCCNC(=O)CSCC(O)CO)C(C)=O. The first-order valence-corrected chi connectivity index (χ1v) is 17.2. The van der Waals surface area contributed by atoms with E-state index in [1.165, 1.54) is 30.4 Å². The van der Waals surface area contributed by atoms with Crippen LogP contribution in [0.1, 0.15) is 85.0 Å².